The highest BCUT2D eigenvalue weighted by molar-refractivity contribution is 5.87. The Morgan fingerprint density at radius 2 is 1.97 bits per heavy atom. The van der Waals surface area contributed by atoms with Crippen LogP contribution >= 0.6 is 0 Å². The van der Waals surface area contributed by atoms with E-state index in [1.165, 1.54) is 0 Å². The molecule has 3 aromatic heterocycles. The summed E-state index contributed by atoms with van der Waals surface area (Å²) in [7, 11) is 0. The van der Waals surface area contributed by atoms with Crippen LogP contribution in [0.2, 0.25) is 0 Å². The Morgan fingerprint density at radius 3 is 2.90 bits per heavy atom. The number of fused-ring (bicyclic) bond motifs is 2. The summed E-state index contributed by atoms with van der Waals surface area (Å²) in [5.74, 6) is 7.03. The average molecular weight is 379 g/mol. The van der Waals surface area contributed by atoms with Crippen molar-refractivity contribution in [2.24, 2.45) is 0 Å². The number of hydrogen-bond donors (Lipinski definition) is 2. The summed E-state index contributed by atoms with van der Waals surface area (Å²) in [4.78, 5) is 17.4. The molecule has 0 radical (unpaired) electrons. The number of rotatable bonds is 1. The number of nitrogen functional groups attached to an aromatic ring is 1. The van der Waals surface area contributed by atoms with Gasteiger partial charge in [0.15, 0.2) is 11.4 Å². The summed E-state index contributed by atoms with van der Waals surface area (Å²) < 4.78 is 0. The van der Waals surface area contributed by atoms with Gasteiger partial charge in [0.25, 0.3) is 0 Å². The van der Waals surface area contributed by atoms with Crippen molar-refractivity contribution in [3.63, 3.8) is 0 Å². The molecule has 0 spiro atoms. The molecular formula is C23H17N5O. The minimum Gasteiger partial charge on any atom is -0.382 e. The second-order valence-corrected chi connectivity index (χ2v) is 7.03. The van der Waals surface area contributed by atoms with E-state index in [1.807, 2.05) is 42.5 Å². The van der Waals surface area contributed by atoms with Crippen LogP contribution in [0.3, 0.4) is 0 Å². The summed E-state index contributed by atoms with van der Waals surface area (Å²) in [6.07, 6.45) is 6.38. The summed E-state index contributed by atoms with van der Waals surface area (Å²) in [5.41, 5.74) is 8.64. The molecule has 0 unspecified atom stereocenters. The zero-order valence-electron chi connectivity index (χ0n) is 15.5. The second kappa shape index (κ2) is 6.66. The van der Waals surface area contributed by atoms with Gasteiger partial charge in [0.05, 0.1) is 5.69 Å². The van der Waals surface area contributed by atoms with Crippen molar-refractivity contribution < 1.29 is 5.11 Å². The summed E-state index contributed by atoms with van der Waals surface area (Å²) in [6.45, 7) is 0. The number of hydrogen-bond acceptors (Lipinski definition) is 6. The molecule has 0 fully saturated rings. The molecule has 6 heteroatoms. The van der Waals surface area contributed by atoms with E-state index in [0.29, 0.717) is 29.3 Å². The number of nitrogens with two attached hydrogens (primary N) is 1. The van der Waals surface area contributed by atoms with Crippen molar-refractivity contribution in [3.05, 3.63) is 77.9 Å². The molecule has 0 saturated heterocycles. The third-order valence-corrected chi connectivity index (χ3v) is 5.10. The van der Waals surface area contributed by atoms with Crippen LogP contribution in [0, 0.1) is 11.8 Å². The van der Waals surface area contributed by atoms with E-state index in [1.54, 1.807) is 18.6 Å². The predicted octanol–water partition coefficient (Wildman–Crippen LogP) is 2.85. The molecule has 4 aromatic rings. The molecule has 5 rings (SSSR count). The molecule has 6 nitrogen and oxygen atoms in total. The van der Waals surface area contributed by atoms with Crippen molar-refractivity contribution in [1.82, 2.24) is 19.9 Å². The van der Waals surface area contributed by atoms with E-state index in [9.17, 15) is 5.11 Å². The molecule has 29 heavy (non-hydrogen) atoms. The van der Waals surface area contributed by atoms with Gasteiger partial charge in [-0.05, 0) is 42.7 Å². The minimum atomic E-state index is -1.22. The Morgan fingerprint density at radius 1 is 1.03 bits per heavy atom. The molecule has 140 valence electrons. The lowest BCUT2D eigenvalue weighted by Gasteiger charge is -2.15. The van der Waals surface area contributed by atoms with Crippen LogP contribution in [0.4, 0.5) is 5.82 Å². The Balaban J connectivity index is 1.51. The fourth-order valence-electron chi connectivity index (χ4n) is 3.60. The lowest BCUT2D eigenvalue weighted by molar-refractivity contribution is 0.0982. The Hall–Kier alpha value is -3.82. The van der Waals surface area contributed by atoms with E-state index < -0.39 is 5.60 Å². The fourth-order valence-corrected chi connectivity index (χ4v) is 3.60. The maximum Gasteiger partial charge on any atom is 0.168 e. The van der Waals surface area contributed by atoms with Crippen molar-refractivity contribution in [2.45, 2.75) is 18.4 Å². The normalized spacial score (nSPS) is 17.6. The van der Waals surface area contributed by atoms with E-state index in [0.717, 1.165) is 28.5 Å². The van der Waals surface area contributed by atoms with Crippen molar-refractivity contribution in [1.29, 1.82) is 0 Å². The molecule has 1 aromatic carbocycles. The lowest BCUT2D eigenvalue weighted by Crippen LogP contribution is -2.20. The van der Waals surface area contributed by atoms with Gasteiger partial charge in [-0.3, -0.25) is 4.98 Å². The van der Waals surface area contributed by atoms with Crippen molar-refractivity contribution in [3.8, 4) is 23.2 Å². The minimum absolute atomic E-state index is 0.372. The number of aliphatic hydroxyl groups is 1. The van der Waals surface area contributed by atoms with Crippen LogP contribution in [0.15, 0.2) is 61.1 Å². The summed E-state index contributed by atoms with van der Waals surface area (Å²) in [6, 6.07) is 13.3. The van der Waals surface area contributed by atoms with Gasteiger partial charge in [0, 0.05) is 35.1 Å². The van der Waals surface area contributed by atoms with Crippen LogP contribution in [0.25, 0.3) is 22.3 Å². The van der Waals surface area contributed by atoms with E-state index in [-0.39, 0.29) is 0 Å². The van der Waals surface area contributed by atoms with Gasteiger partial charge in [-0.25, -0.2) is 15.0 Å². The van der Waals surface area contributed by atoms with Gasteiger partial charge in [0.2, 0.25) is 0 Å². The Kier molecular flexibility index (Phi) is 3.97. The molecule has 3 heterocycles. The average Bonchev–Trinajstić information content (AvgIpc) is 3.10. The van der Waals surface area contributed by atoms with Gasteiger partial charge < -0.3 is 10.8 Å². The van der Waals surface area contributed by atoms with Crippen molar-refractivity contribution in [2.75, 3.05) is 5.73 Å². The summed E-state index contributed by atoms with van der Waals surface area (Å²) >= 11 is 0. The van der Waals surface area contributed by atoms with E-state index in [2.05, 4.69) is 31.8 Å². The molecule has 0 aliphatic heterocycles. The standard InChI is InChI=1S/C23H17N5O/c24-21-19-18(8-12-26-21)14-27-22(28-19)17-4-1-3-15(13-17)6-9-23(29)10-7-16-5-2-11-25-20(16)23/h1-5,8,11-14,29H,7,10H2,(H2,24,26)/t23-/m1/s1. The van der Waals surface area contributed by atoms with Gasteiger partial charge in [-0.2, -0.15) is 0 Å². The molecule has 1 aliphatic rings. The number of nitrogens with zero attached hydrogens (tertiary/aromatic N) is 4. The zero-order valence-corrected chi connectivity index (χ0v) is 15.5. The Labute approximate surface area is 167 Å². The first-order valence-corrected chi connectivity index (χ1v) is 9.30. The molecule has 3 N–H and O–H groups in total. The van der Waals surface area contributed by atoms with Crippen LogP contribution in [-0.2, 0) is 12.0 Å². The third-order valence-electron chi connectivity index (χ3n) is 5.10. The molecular weight excluding hydrogens is 362 g/mol. The fraction of sp³-hybridized carbons (Fsp3) is 0.130. The van der Waals surface area contributed by atoms with E-state index >= 15 is 0 Å². The molecule has 1 aliphatic carbocycles. The van der Waals surface area contributed by atoms with Crippen LogP contribution in [0.5, 0.6) is 0 Å². The van der Waals surface area contributed by atoms with Gasteiger partial charge in [-0.15, -0.1) is 0 Å². The predicted molar refractivity (Wildman–Crippen MR) is 111 cm³/mol. The molecule has 1 atom stereocenters. The monoisotopic (exact) mass is 379 g/mol. The van der Waals surface area contributed by atoms with Crippen LogP contribution < -0.4 is 5.73 Å². The first-order chi connectivity index (χ1) is 14.1. The SMILES string of the molecule is Nc1nccc2cnc(-c3cccc(C#C[C@@]4(O)CCc5cccnc54)c3)nc12. The highest BCUT2D eigenvalue weighted by Crippen LogP contribution is 2.34. The van der Waals surface area contributed by atoms with Gasteiger partial charge >= 0.3 is 0 Å². The number of aromatic nitrogens is 4. The number of benzene rings is 1. The van der Waals surface area contributed by atoms with Crippen molar-refractivity contribution >= 4 is 16.7 Å². The number of aryl methyl sites for hydroxylation is 1. The third kappa shape index (κ3) is 3.08. The van der Waals surface area contributed by atoms with Gasteiger partial charge in [-0.1, -0.05) is 30.0 Å². The first kappa shape index (κ1) is 17.3. The number of anilines is 1. The Bertz CT molecular complexity index is 1310. The first-order valence-electron chi connectivity index (χ1n) is 9.30. The highest BCUT2D eigenvalue weighted by Gasteiger charge is 2.36. The maximum atomic E-state index is 11.0. The molecule has 0 amide bonds. The lowest BCUT2D eigenvalue weighted by atomic mass is 10.0. The highest BCUT2D eigenvalue weighted by atomic mass is 16.3. The zero-order chi connectivity index (χ0) is 19.8. The molecule has 0 saturated carbocycles. The van der Waals surface area contributed by atoms with Gasteiger partial charge in [0.1, 0.15) is 11.3 Å². The second-order valence-electron chi connectivity index (χ2n) is 7.03. The smallest absolute Gasteiger partial charge is 0.168 e. The molecule has 0 bridgehead atoms. The van der Waals surface area contributed by atoms with Crippen LogP contribution in [-0.4, -0.2) is 25.0 Å². The maximum absolute atomic E-state index is 11.0. The quantitative estimate of drug-likeness (QED) is 0.494. The number of pyridine rings is 2. The topological polar surface area (TPSA) is 97.8 Å². The summed E-state index contributed by atoms with van der Waals surface area (Å²) in [5, 5.41) is 11.8. The van der Waals surface area contributed by atoms with Crippen LogP contribution in [0.1, 0.15) is 23.2 Å². The largest absolute Gasteiger partial charge is 0.382 e. The van der Waals surface area contributed by atoms with E-state index in [4.69, 9.17) is 5.73 Å².